The molecule has 29 heavy (non-hydrogen) atoms. The van der Waals surface area contributed by atoms with Crippen molar-refractivity contribution in [3.05, 3.63) is 24.3 Å². The Morgan fingerprint density at radius 2 is 1.48 bits per heavy atom. The molecule has 0 aliphatic carbocycles. The molecule has 1 amide bonds. The van der Waals surface area contributed by atoms with E-state index in [-0.39, 0.29) is 10.8 Å². The first-order valence-corrected chi connectivity index (χ1v) is 10.1. The Morgan fingerprint density at radius 1 is 1.00 bits per heavy atom. The maximum atomic E-state index is 12.1. The van der Waals surface area contributed by atoms with Crippen LogP contribution in [0.5, 0.6) is 0 Å². The average Bonchev–Trinajstić information content (AvgIpc) is 2.64. The van der Waals surface area contributed by atoms with Gasteiger partial charge in [-0.3, -0.25) is 9.69 Å². The van der Waals surface area contributed by atoms with E-state index in [1.165, 1.54) is 26.2 Å². The number of nitrogens with zero attached hydrogens (tertiary/aromatic N) is 3. The first-order valence-electron chi connectivity index (χ1n) is 8.63. The number of carboxylic acids is 2. The van der Waals surface area contributed by atoms with Crippen molar-refractivity contribution in [2.24, 2.45) is 0 Å². The smallest absolute Gasteiger partial charge is 0.414 e. The Labute approximate surface area is 169 Å². The lowest BCUT2D eigenvalue weighted by molar-refractivity contribution is -0.159. The molecule has 11 nitrogen and oxygen atoms in total. The summed E-state index contributed by atoms with van der Waals surface area (Å²) in [6.45, 7) is 4.04. The van der Waals surface area contributed by atoms with Crippen LogP contribution in [0.25, 0.3) is 0 Å². The van der Waals surface area contributed by atoms with Gasteiger partial charge in [-0.2, -0.15) is 0 Å². The monoisotopic (exact) mass is 430 g/mol. The van der Waals surface area contributed by atoms with E-state index < -0.39 is 22.0 Å². The first kappa shape index (κ1) is 24.5. The number of benzene rings is 1. The van der Waals surface area contributed by atoms with Crippen molar-refractivity contribution >= 4 is 33.6 Å². The van der Waals surface area contributed by atoms with Crippen LogP contribution < -0.4 is 5.32 Å². The summed E-state index contributed by atoms with van der Waals surface area (Å²) < 4.78 is 25.1. The van der Waals surface area contributed by atoms with E-state index >= 15 is 0 Å². The number of likely N-dealkylation sites (N-methyl/N-ethyl adjacent to an activating group) is 1. The Hall–Kier alpha value is -2.54. The molecule has 1 aliphatic heterocycles. The van der Waals surface area contributed by atoms with Crippen molar-refractivity contribution < 1.29 is 33.0 Å². The lowest BCUT2D eigenvalue weighted by atomic mass is 10.3. The highest BCUT2D eigenvalue weighted by molar-refractivity contribution is 7.89. The second-order valence-electron chi connectivity index (χ2n) is 6.55. The number of aliphatic carboxylic acids is 2. The number of hydrogen-bond donors (Lipinski definition) is 3. The second kappa shape index (κ2) is 10.9. The van der Waals surface area contributed by atoms with Crippen LogP contribution in [0.3, 0.4) is 0 Å². The van der Waals surface area contributed by atoms with Gasteiger partial charge in [0, 0.05) is 46.0 Å². The van der Waals surface area contributed by atoms with Gasteiger partial charge in [0.15, 0.2) is 0 Å². The molecule has 3 N–H and O–H groups in total. The fourth-order valence-electron chi connectivity index (χ4n) is 2.33. The molecule has 1 aliphatic rings. The number of anilines is 1. The van der Waals surface area contributed by atoms with Gasteiger partial charge in [0.05, 0.1) is 11.4 Å². The summed E-state index contributed by atoms with van der Waals surface area (Å²) in [7, 11) is 1.60. The van der Waals surface area contributed by atoms with E-state index in [9.17, 15) is 13.2 Å². The first-order chi connectivity index (χ1) is 13.4. The minimum Gasteiger partial charge on any atom is -0.473 e. The summed E-state index contributed by atoms with van der Waals surface area (Å²) in [4.78, 5) is 34.8. The van der Waals surface area contributed by atoms with Gasteiger partial charge in [0.2, 0.25) is 15.9 Å². The van der Waals surface area contributed by atoms with Gasteiger partial charge in [0.25, 0.3) is 0 Å². The number of sulfonamides is 1. The summed E-state index contributed by atoms with van der Waals surface area (Å²) in [5.74, 6) is -3.73. The number of rotatable bonds is 5. The van der Waals surface area contributed by atoms with Crippen molar-refractivity contribution in [1.82, 2.24) is 14.1 Å². The zero-order valence-electron chi connectivity index (χ0n) is 16.5. The summed E-state index contributed by atoms with van der Waals surface area (Å²) >= 11 is 0. The summed E-state index contributed by atoms with van der Waals surface area (Å²) in [6.07, 6.45) is 0. The highest BCUT2D eigenvalue weighted by Crippen LogP contribution is 2.16. The third-order valence-corrected chi connectivity index (χ3v) is 5.89. The minimum absolute atomic E-state index is 0.0854. The minimum atomic E-state index is -3.44. The maximum absolute atomic E-state index is 12.1. The fraction of sp³-hybridized carbons (Fsp3) is 0.471. The Bertz CT molecular complexity index is 805. The standard InChI is InChI=1S/C15H24N4O3S.C2H2O4/c1-17(2)23(21,22)14-6-4-13(5-7-14)16-15(20)12-19-10-8-18(3)9-11-19;3-1(4)2(5)6/h4-7H,8-12H2,1-3H3,(H,16,20);(H,3,4)(H,5,6). The van der Waals surface area contributed by atoms with Gasteiger partial charge in [-0.15, -0.1) is 0 Å². The number of carbonyl (C=O) groups is 3. The van der Waals surface area contributed by atoms with Crippen molar-refractivity contribution in [3.8, 4) is 0 Å². The van der Waals surface area contributed by atoms with E-state index in [1.54, 1.807) is 12.1 Å². The molecule has 2 rings (SSSR count). The van der Waals surface area contributed by atoms with Crippen LogP contribution in [-0.4, -0.2) is 104 Å². The predicted octanol–water partition coefficient (Wildman–Crippen LogP) is -0.722. The van der Waals surface area contributed by atoms with Gasteiger partial charge >= 0.3 is 11.9 Å². The van der Waals surface area contributed by atoms with Gasteiger partial charge in [-0.05, 0) is 31.3 Å². The van der Waals surface area contributed by atoms with Crippen LogP contribution in [0, 0.1) is 0 Å². The number of nitrogens with one attached hydrogen (secondary N) is 1. The number of carboxylic acid groups (broad SMARTS) is 2. The fourth-order valence-corrected chi connectivity index (χ4v) is 3.23. The average molecular weight is 430 g/mol. The van der Waals surface area contributed by atoms with Crippen LogP contribution in [0.2, 0.25) is 0 Å². The van der Waals surface area contributed by atoms with Crippen molar-refractivity contribution in [1.29, 1.82) is 0 Å². The van der Waals surface area contributed by atoms with E-state index in [4.69, 9.17) is 19.8 Å². The Kier molecular flexibility index (Phi) is 9.17. The molecule has 0 unspecified atom stereocenters. The molecule has 0 atom stereocenters. The normalized spacial score (nSPS) is 15.3. The van der Waals surface area contributed by atoms with Crippen LogP contribution >= 0.6 is 0 Å². The number of amides is 1. The zero-order valence-corrected chi connectivity index (χ0v) is 17.3. The van der Waals surface area contributed by atoms with Gasteiger partial charge < -0.3 is 20.4 Å². The molecule has 1 fully saturated rings. The molecule has 1 aromatic carbocycles. The lowest BCUT2D eigenvalue weighted by Gasteiger charge is -2.31. The molecule has 1 aromatic rings. The second-order valence-corrected chi connectivity index (χ2v) is 8.70. The summed E-state index contributed by atoms with van der Waals surface area (Å²) in [5.41, 5.74) is 0.599. The van der Waals surface area contributed by atoms with Crippen LogP contribution in [0.4, 0.5) is 5.69 Å². The lowest BCUT2D eigenvalue weighted by Crippen LogP contribution is -2.47. The van der Waals surface area contributed by atoms with Gasteiger partial charge in [-0.1, -0.05) is 0 Å². The molecule has 12 heteroatoms. The van der Waals surface area contributed by atoms with Crippen LogP contribution in [0.1, 0.15) is 0 Å². The largest absolute Gasteiger partial charge is 0.473 e. The quantitative estimate of drug-likeness (QED) is 0.515. The molecule has 0 bridgehead atoms. The molecule has 162 valence electrons. The van der Waals surface area contributed by atoms with Crippen molar-refractivity contribution in [3.63, 3.8) is 0 Å². The molecule has 1 saturated heterocycles. The van der Waals surface area contributed by atoms with Crippen molar-refractivity contribution in [2.75, 3.05) is 59.2 Å². The topological polar surface area (TPSA) is 148 Å². The highest BCUT2D eigenvalue weighted by atomic mass is 32.2. The van der Waals surface area contributed by atoms with E-state index in [0.717, 1.165) is 30.5 Å². The van der Waals surface area contributed by atoms with Gasteiger partial charge in [0.1, 0.15) is 0 Å². The van der Waals surface area contributed by atoms with Crippen LogP contribution in [-0.2, 0) is 24.4 Å². The van der Waals surface area contributed by atoms with E-state index in [2.05, 4.69) is 22.2 Å². The predicted molar refractivity (Wildman–Crippen MR) is 105 cm³/mol. The van der Waals surface area contributed by atoms with E-state index in [1.807, 2.05) is 0 Å². The Morgan fingerprint density at radius 3 is 1.90 bits per heavy atom. The summed E-state index contributed by atoms with van der Waals surface area (Å²) in [6, 6.07) is 6.22. The molecular formula is C17H26N4O7S. The number of hydrogen-bond acceptors (Lipinski definition) is 7. The third-order valence-electron chi connectivity index (χ3n) is 4.06. The molecular weight excluding hydrogens is 404 g/mol. The van der Waals surface area contributed by atoms with Crippen LogP contribution in [0.15, 0.2) is 29.2 Å². The van der Waals surface area contributed by atoms with Gasteiger partial charge in [-0.25, -0.2) is 22.3 Å². The number of piperazine rings is 1. The molecule has 0 saturated carbocycles. The Balaban J connectivity index is 0.000000612. The highest BCUT2D eigenvalue weighted by Gasteiger charge is 2.18. The number of carbonyl (C=O) groups excluding carboxylic acids is 1. The van der Waals surface area contributed by atoms with Crippen molar-refractivity contribution in [2.45, 2.75) is 4.90 Å². The summed E-state index contributed by atoms with van der Waals surface area (Å²) in [5, 5.41) is 17.6. The van der Waals surface area contributed by atoms with E-state index in [0.29, 0.717) is 12.2 Å². The zero-order chi connectivity index (χ0) is 22.2. The SMILES string of the molecule is CN1CCN(CC(=O)Nc2ccc(S(=O)(=O)N(C)C)cc2)CC1.O=C(O)C(=O)O. The molecule has 0 radical (unpaired) electrons. The third kappa shape index (κ3) is 8.15. The molecule has 1 heterocycles. The molecule has 0 aromatic heterocycles. The molecule has 0 spiro atoms. The maximum Gasteiger partial charge on any atom is 0.414 e.